The van der Waals surface area contributed by atoms with E-state index in [1.54, 1.807) is 0 Å². The zero-order valence-electron chi connectivity index (χ0n) is 38.8. The standard InChI is InChI=1S/C49H104N2O2SSi/c1-6-11-15-19-23-27-31-35-40-50(41-36-32-28-24-20-16-12-7-2)44-46-52-55(10-5,49-39-48-54)53-47-45-51(42-37-33-29-25-21-17-13-8-3)43-38-34-30-26-22-18-14-9-4/h54H,6-49H2,1-5H3. The maximum Gasteiger partial charge on any atom is 0.337 e. The van der Waals surface area contributed by atoms with Gasteiger partial charge in [0.2, 0.25) is 0 Å². The minimum absolute atomic E-state index is 0.834. The molecule has 0 amide bonds. The lowest BCUT2D eigenvalue weighted by Crippen LogP contribution is -2.45. The molecule has 0 heterocycles. The van der Waals surface area contributed by atoms with Crippen LogP contribution in [0.25, 0.3) is 0 Å². The van der Waals surface area contributed by atoms with Crippen LogP contribution in [0.4, 0.5) is 0 Å². The molecule has 0 radical (unpaired) electrons. The third-order valence-corrected chi connectivity index (χ3v) is 16.1. The van der Waals surface area contributed by atoms with Gasteiger partial charge in [0.25, 0.3) is 0 Å². The first-order valence-electron chi connectivity index (χ1n) is 25.4. The molecule has 0 saturated heterocycles. The van der Waals surface area contributed by atoms with E-state index >= 15 is 0 Å². The van der Waals surface area contributed by atoms with Gasteiger partial charge in [-0.1, -0.05) is 214 Å². The van der Waals surface area contributed by atoms with Crippen molar-refractivity contribution in [1.82, 2.24) is 9.80 Å². The van der Waals surface area contributed by atoms with E-state index in [0.717, 1.165) is 50.6 Å². The van der Waals surface area contributed by atoms with Crippen LogP contribution < -0.4 is 0 Å². The summed E-state index contributed by atoms with van der Waals surface area (Å²) in [5.41, 5.74) is 0. The Morgan fingerprint density at radius 1 is 0.327 bits per heavy atom. The minimum Gasteiger partial charge on any atom is -0.393 e. The van der Waals surface area contributed by atoms with Crippen molar-refractivity contribution in [2.24, 2.45) is 0 Å². The minimum atomic E-state index is -2.27. The molecule has 0 aliphatic heterocycles. The Morgan fingerprint density at radius 2 is 0.582 bits per heavy atom. The summed E-state index contributed by atoms with van der Waals surface area (Å²) in [5.74, 6) is 0.924. The van der Waals surface area contributed by atoms with Gasteiger partial charge in [0.05, 0.1) is 0 Å². The summed E-state index contributed by atoms with van der Waals surface area (Å²) in [6, 6.07) is 2.13. The number of nitrogens with zero attached hydrogens (tertiary/aromatic N) is 2. The van der Waals surface area contributed by atoms with E-state index in [4.69, 9.17) is 8.85 Å². The topological polar surface area (TPSA) is 24.9 Å². The van der Waals surface area contributed by atoms with Crippen LogP contribution in [-0.4, -0.2) is 76.6 Å². The zero-order valence-corrected chi connectivity index (χ0v) is 40.7. The van der Waals surface area contributed by atoms with E-state index < -0.39 is 8.56 Å². The van der Waals surface area contributed by atoms with Gasteiger partial charge in [0.15, 0.2) is 0 Å². The smallest absolute Gasteiger partial charge is 0.337 e. The second-order valence-electron chi connectivity index (χ2n) is 17.4. The van der Waals surface area contributed by atoms with E-state index in [1.807, 2.05) is 0 Å². The van der Waals surface area contributed by atoms with E-state index in [2.05, 4.69) is 57.0 Å². The first-order valence-corrected chi connectivity index (χ1v) is 28.3. The monoisotopic (exact) mass is 813 g/mol. The summed E-state index contributed by atoms with van der Waals surface area (Å²) >= 11 is 4.63. The van der Waals surface area contributed by atoms with Gasteiger partial charge in [-0.2, -0.15) is 12.6 Å². The summed E-state index contributed by atoms with van der Waals surface area (Å²) in [7, 11) is -2.27. The van der Waals surface area contributed by atoms with Crippen LogP contribution in [-0.2, 0) is 8.85 Å². The Balaban J connectivity index is 5.09. The fraction of sp³-hybridized carbons (Fsp3) is 1.00. The second kappa shape index (κ2) is 45.5. The molecule has 55 heavy (non-hydrogen) atoms. The van der Waals surface area contributed by atoms with Crippen LogP contribution in [0, 0.1) is 0 Å². The lowest BCUT2D eigenvalue weighted by molar-refractivity contribution is 0.124. The van der Waals surface area contributed by atoms with E-state index in [1.165, 1.54) is 232 Å². The molecule has 0 aromatic carbocycles. The normalized spacial score (nSPS) is 12.2. The van der Waals surface area contributed by atoms with E-state index in [9.17, 15) is 0 Å². The highest BCUT2D eigenvalue weighted by atomic mass is 32.1. The SMILES string of the molecule is CCCCCCCCCCN(CCCCCCCCCC)CCO[Si](CC)(CCCS)OCCN(CCCCCCCCCC)CCCCCCCCCC. The number of unbranched alkanes of at least 4 members (excludes halogenated alkanes) is 28. The molecule has 0 spiro atoms. The summed E-state index contributed by atoms with van der Waals surface area (Å²) in [5, 5.41) is 0. The molecule has 0 N–H and O–H groups in total. The molecular weight excluding hydrogens is 709 g/mol. The van der Waals surface area contributed by atoms with Gasteiger partial charge in [-0.05, 0) is 76.1 Å². The number of rotatable bonds is 48. The molecule has 332 valence electrons. The molecule has 4 nitrogen and oxygen atoms in total. The van der Waals surface area contributed by atoms with Gasteiger partial charge in [0.1, 0.15) is 0 Å². The third-order valence-electron chi connectivity index (χ3n) is 12.1. The van der Waals surface area contributed by atoms with Crippen LogP contribution in [0.1, 0.15) is 247 Å². The fourth-order valence-electron chi connectivity index (χ4n) is 8.18. The molecule has 0 rings (SSSR count). The lowest BCUT2D eigenvalue weighted by Gasteiger charge is -2.33. The van der Waals surface area contributed by atoms with Gasteiger partial charge in [-0.3, -0.25) is 0 Å². The van der Waals surface area contributed by atoms with Crippen LogP contribution >= 0.6 is 12.6 Å². The quantitative estimate of drug-likeness (QED) is 0.0376. The molecule has 0 saturated carbocycles. The van der Waals surface area contributed by atoms with E-state index in [0.29, 0.717) is 0 Å². The van der Waals surface area contributed by atoms with Crippen molar-refractivity contribution < 1.29 is 8.85 Å². The molecular formula is C49H104N2O2SSi. The van der Waals surface area contributed by atoms with Gasteiger partial charge in [0, 0.05) is 26.3 Å². The average Bonchev–Trinajstić information content (AvgIpc) is 3.20. The van der Waals surface area contributed by atoms with Crippen molar-refractivity contribution in [3.05, 3.63) is 0 Å². The predicted octanol–water partition coefficient (Wildman–Crippen LogP) is 16.0. The highest BCUT2D eigenvalue weighted by Crippen LogP contribution is 2.22. The van der Waals surface area contributed by atoms with Crippen LogP contribution in [0.2, 0.25) is 12.1 Å². The Hall–Kier alpha value is 0.407. The van der Waals surface area contributed by atoms with Gasteiger partial charge >= 0.3 is 8.56 Å². The van der Waals surface area contributed by atoms with Crippen molar-refractivity contribution in [2.75, 3.05) is 58.2 Å². The number of hydrogen-bond acceptors (Lipinski definition) is 5. The average molecular weight is 814 g/mol. The Kier molecular flexibility index (Phi) is 45.8. The summed E-state index contributed by atoms with van der Waals surface area (Å²) in [4.78, 5) is 5.49. The predicted molar refractivity (Wildman–Crippen MR) is 255 cm³/mol. The molecule has 0 aliphatic carbocycles. The highest BCUT2D eigenvalue weighted by molar-refractivity contribution is 7.80. The first-order chi connectivity index (χ1) is 27.1. The molecule has 0 aromatic heterocycles. The van der Waals surface area contributed by atoms with Crippen molar-refractivity contribution >= 4 is 21.2 Å². The van der Waals surface area contributed by atoms with Gasteiger partial charge in [-0.15, -0.1) is 0 Å². The van der Waals surface area contributed by atoms with Crippen LogP contribution in [0.3, 0.4) is 0 Å². The second-order valence-corrected chi connectivity index (χ2v) is 21.4. The molecule has 0 fully saturated rings. The van der Waals surface area contributed by atoms with Crippen molar-refractivity contribution in [1.29, 1.82) is 0 Å². The van der Waals surface area contributed by atoms with Gasteiger partial charge < -0.3 is 18.7 Å². The molecule has 0 atom stereocenters. The largest absolute Gasteiger partial charge is 0.393 e. The Bertz CT molecular complexity index is 626. The highest BCUT2D eigenvalue weighted by Gasteiger charge is 2.35. The number of thiol groups is 1. The molecule has 0 unspecified atom stereocenters. The van der Waals surface area contributed by atoms with E-state index in [-0.39, 0.29) is 0 Å². The molecule has 0 bridgehead atoms. The summed E-state index contributed by atoms with van der Waals surface area (Å²) in [6.07, 6.45) is 45.7. The van der Waals surface area contributed by atoms with Crippen molar-refractivity contribution in [3.8, 4) is 0 Å². The van der Waals surface area contributed by atoms with Crippen molar-refractivity contribution in [2.45, 2.75) is 259 Å². The molecule has 6 heteroatoms. The third kappa shape index (κ3) is 38.4. The Labute approximate surface area is 355 Å². The lowest BCUT2D eigenvalue weighted by atomic mass is 10.1. The fourth-order valence-corrected chi connectivity index (χ4v) is 11.4. The maximum atomic E-state index is 6.99. The van der Waals surface area contributed by atoms with Crippen LogP contribution in [0.5, 0.6) is 0 Å². The summed E-state index contributed by atoms with van der Waals surface area (Å²) < 4.78 is 14.0. The first kappa shape index (κ1) is 55.4. The van der Waals surface area contributed by atoms with Crippen LogP contribution in [0.15, 0.2) is 0 Å². The molecule has 0 aromatic rings. The summed E-state index contributed by atoms with van der Waals surface area (Å²) in [6.45, 7) is 20.3. The maximum absolute atomic E-state index is 6.99. The van der Waals surface area contributed by atoms with Crippen molar-refractivity contribution in [3.63, 3.8) is 0 Å². The number of hydrogen-bond donors (Lipinski definition) is 1. The zero-order chi connectivity index (χ0) is 40.2. The molecule has 0 aliphatic rings. The Morgan fingerprint density at radius 3 is 0.818 bits per heavy atom. The van der Waals surface area contributed by atoms with Gasteiger partial charge in [-0.25, -0.2) is 0 Å².